The minimum atomic E-state index is -0.109. The Kier molecular flexibility index (Phi) is 4.88. The van der Waals surface area contributed by atoms with Gasteiger partial charge in [0.25, 0.3) is 0 Å². The van der Waals surface area contributed by atoms with Crippen LogP contribution in [0.4, 0.5) is 5.82 Å². The van der Waals surface area contributed by atoms with Gasteiger partial charge in [0.2, 0.25) is 11.8 Å². The van der Waals surface area contributed by atoms with E-state index in [9.17, 15) is 9.59 Å². The number of aromatic amines is 1. The first kappa shape index (κ1) is 18.3. The summed E-state index contributed by atoms with van der Waals surface area (Å²) in [6.45, 7) is 0.470. The number of fused-ring (bicyclic) bond motifs is 2. The fourth-order valence-corrected chi connectivity index (χ4v) is 3.53. The Morgan fingerprint density at radius 2 is 2.21 bits per heavy atom. The molecule has 0 saturated heterocycles. The van der Waals surface area contributed by atoms with E-state index < -0.39 is 0 Å². The van der Waals surface area contributed by atoms with Gasteiger partial charge in [-0.25, -0.2) is 4.98 Å². The number of carbonyl (C=O) groups is 2. The second-order valence-corrected chi connectivity index (χ2v) is 7.24. The Labute approximate surface area is 167 Å². The molecule has 28 heavy (non-hydrogen) atoms. The van der Waals surface area contributed by atoms with Crippen LogP contribution in [-0.2, 0) is 22.6 Å². The SMILES string of the molecule is CN(Cc1c[nH]c2c(Cl)cccc12)C(=O)C=Cc1cnc2c(c1)CCC(=O)N2. The number of aryl methyl sites for hydroxylation is 1. The van der Waals surface area contributed by atoms with Crippen LogP contribution in [0.2, 0.25) is 5.02 Å². The molecule has 1 aliphatic rings. The molecule has 0 aliphatic carbocycles. The number of nitrogens with zero attached hydrogens (tertiary/aromatic N) is 2. The van der Waals surface area contributed by atoms with Crippen LogP contribution >= 0.6 is 11.6 Å². The summed E-state index contributed by atoms with van der Waals surface area (Å²) in [5, 5.41) is 4.42. The van der Waals surface area contributed by atoms with Crippen LogP contribution in [0.15, 0.2) is 42.7 Å². The molecule has 1 aromatic carbocycles. The van der Waals surface area contributed by atoms with Crippen LogP contribution < -0.4 is 5.32 Å². The quantitative estimate of drug-likeness (QED) is 0.661. The van der Waals surface area contributed by atoms with E-state index in [-0.39, 0.29) is 11.8 Å². The largest absolute Gasteiger partial charge is 0.360 e. The standard InChI is InChI=1S/C21H19ClN4O2/c1-26(12-15-11-23-20-16(15)3-2-4-17(20)22)19(28)8-5-13-9-14-6-7-18(27)25-21(14)24-10-13/h2-5,8-11,23H,6-7,12H2,1H3,(H,24,25,27). The molecule has 2 aromatic heterocycles. The molecule has 1 aliphatic heterocycles. The fourth-order valence-electron chi connectivity index (χ4n) is 3.30. The van der Waals surface area contributed by atoms with Crippen LogP contribution in [0.1, 0.15) is 23.1 Å². The van der Waals surface area contributed by atoms with Crippen LogP contribution in [0.25, 0.3) is 17.0 Å². The van der Waals surface area contributed by atoms with Gasteiger partial charge in [-0.15, -0.1) is 0 Å². The van der Waals surface area contributed by atoms with E-state index in [1.54, 1.807) is 24.2 Å². The maximum Gasteiger partial charge on any atom is 0.246 e. The molecule has 0 bridgehead atoms. The third kappa shape index (κ3) is 3.64. The number of likely N-dealkylation sites (N-methyl/N-ethyl adjacent to an activating group) is 1. The van der Waals surface area contributed by atoms with E-state index in [1.807, 2.05) is 30.5 Å². The average Bonchev–Trinajstić information content (AvgIpc) is 3.10. The smallest absolute Gasteiger partial charge is 0.246 e. The van der Waals surface area contributed by atoms with E-state index in [0.717, 1.165) is 27.6 Å². The zero-order valence-electron chi connectivity index (χ0n) is 15.3. The van der Waals surface area contributed by atoms with Crippen molar-refractivity contribution in [3.8, 4) is 0 Å². The molecule has 0 spiro atoms. The number of pyridine rings is 1. The number of hydrogen-bond acceptors (Lipinski definition) is 3. The lowest BCUT2D eigenvalue weighted by Gasteiger charge is -2.16. The molecular weight excluding hydrogens is 376 g/mol. The van der Waals surface area contributed by atoms with Gasteiger partial charge in [0.15, 0.2) is 0 Å². The third-order valence-corrected chi connectivity index (χ3v) is 5.13. The van der Waals surface area contributed by atoms with Gasteiger partial charge in [-0.05, 0) is 41.3 Å². The molecule has 3 aromatic rings. The van der Waals surface area contributed by atoms with Gasteiger partial charge in [0.05, 0.1) is 10.5 Å². The van der Waals surface area contributed by atoms with Crippen molar-refractivity contribution >= 4 is 46.2 Å². The number of anilines is 1. The zero-order valence-corrected chi connectivity index (χ0v) is 16.1. The fraction of sp³-hybridized carbons (Fsp3) is 0.190. The maximum atomic E-state index is 12.5. The molecule has 6 nitrogen and oxygen atoms in total. The minimum absolute atomic E-state index is 0.0151. The lowest BCUT2D eigenvalue weighted by molar-refractivity contribution is -0.125. The normalized spacial score (nSPS) is 13.6. The third-order valence-electron chi connectivity index (χ3n) is 4.82. The Balaban J connectivity index is 1.45. The Hall–Kier alpha value is -3.12. The van der Waals surface area contributed by atoms with Crippen molar-refractivity contribution in [1.29, 1.82) is 0 Å². The van der Waals surface area contributed by atoms with Gasteiger partial charge in [-0.1, -0.05) is 23.7 Å². The minimum Gasteiger partial charge on any atom is -0.360 e. The number of rotatable bonds is 4. The average molecular weight is 395 g/mol. The molecule has 0 fully saturated rings. The van der Waals surface area contributed by atoms with Crippen LogP contribution in [0, 0.1) is 0 Å². The summed E-state index contributed by atoms with van der Waals surface area (Å²) in [6, 6.07) is 7.67. The zero-order chi connectivity index (χ0) is 19.7. The van der Waals surface area contributed by atoms with Crippen molar-refractivity contribution in [2.45, 2.75) is 19.4 Å². The lowest BCUT2D eigenvalue weighted by Crippen LogP contribution is -2.24. The van der Waals surface area contributed by atoms with E-state index in [0.29, 0.717) is 30.2 Å². The van der Waals surface area contributed by atoms with Crippen LogP contribution in [-0.4, -0.2) is 33.7 Å². The summed E-state index contributed by atoms with van der Waals surface area (Å²) in [6.07, 6.45) is 7.92. The van der Waals surface area contributed by atoms with Crippen molar-refractivity contribution in [2.75, 3.05) is 12.4 Å². The Bertz CT molecular complexity index is 1100. The summed E-state index contributed by atoms with van der Waals surface area (Å²) in [7, 11) is 1.76. The van der Waals surface area contributed by atoms with Crippen LogP contribution in [0.3, 0.4) is 0 Å². The van der Waals surface area contributed by atoms with Crippen molar-refractivity contribution < 1.29 is 9.59 Å². The van der Waals surface area contributed by atoms with Gasteiger partial charge in [0.1, 0.15) is 5.82 Å². The number of aromatic nitrogens is 2. The second kappa shape index (κ2) is 7.48. The number of carbonyl (C=O) groups excluding carboxylic acids is 2. The second-order valence-electron chi connectivity index (χ2n) is 6.83. The predicted octanol–water partition coefficient (Wildman–Crippen LogP) is 3.77. The van der Waals surface area contributed by atoms with Crippen molar-refractivity contribution in [1.82, 2.24) is 14.9 Å². The van der Waals surface area contributed by atoms with Gasteiger partial charge < -0.3 is 15.2 Å². The Morgan fingerprint density at radius 1 is 1.36 bits per heavy atom. The van der Waals surface area contributed by atoms with E-state index in [1.165, 1.54) is 6.08 Å². The number of halogens is 1. The summed E-state index contributed by atoms with van der Waals surface area (Å²) in [4.78, 5) is 33.0. The number of benzene rings is 1. The molecule has 0 atom stereocenters. The first-order valence-electron chi connectivity index (χ1n) is 8.97. The molecule has 2 amide bonds. The molecule has 0 radical (unpaired) electrons. The summed E-state index contributed by atoms with van der Waals surface area (Å²) in [5.41, 5.74) is 3.70. The lowest BCUT2D eigenvalue weighted by atomic mass is 10.0. The summed E-state index contributed by atoms with van der Waals surface area (Å²) >= 11 is 6.19. The summed E-state index contributed by atoms with van der Waals surface area (Å²) < 4.78 is 0. The van der Waals surface area contributed by atoms with Gasteiger partial charge >= 0.3 is 0 Å². The predicted molar refractivity (Wildman–Crippen MR) is 110 cm³/mol. The molecule has 3 heterocycles. The van der Waals surface area contributed by atoms with Crippen molar-refractivity contribution in [2.24, 2.45) is 0 Å². The highest BCUT2D eigenvalue weighted by atomic mass is 35.5. The van der Waals surface area contributed by atoms with E-state index >= 15 is 0 Å². The monoisotopic (exact) mass is 394 g/mol. The number of nitrogens with one attached hydrogen (secondary N) is 2. The molecule has 0 unspecified atom stereocenters. The number of hydrogen-bond donors (Lipinski definition) is 2. The molecule has 4 rings (SSSR count). The number of amides is 2. The molecular formula is C21H19ClN4O2. The highest BCUT2D eigenvalue weighted by molar-refractivity contribution is 6.35. The first-order chi connectivity index (χ1) is 13.5. The van der Waals surface area contributed by atoms with Crippen molar-refractivity contribution in [3.05, 3.63) is 64.4 Å². The van der Waals surface area contributed by atoms with Crippen LogP contribution in [0.5, 0.6) is 0 Å². The van der Waals surface area contributed by atoms with Gasteiger partial charge in [0, 0.05) is 43.9 Å². The van der Waals surface area contributed by atoms with E-state index in [4.69, 9.17) is 11.6 Å². The van der Waals surface area contributed by atoms with Gasteiger partial charge in [-0.2, -0.15) is 0 Å². The summed E-state index contributed by atoms with van der Waals surface area (Å²) in [5.74, 6) is 0.482. The highest BCUT2D eigenvalue weighted by Gasteiger charge is 2.16. The van der Waals surface area contributed by atoms with E-state index in [2.05, 4.69) is 15.3 Å². The Morgan fingerprint density at radius 3 is 3.07 bits per heavy atom. The van der Waals surface area contributed by atoms with Crippen molar-refractivity contribution in [3.63, 3.8) is 0 Å². The molecule has 0 saturated carbocycles. The highest BCUT2D eigenvalue weighted by Crippen LogP contribution is 2.26. The molecule has 7 heteroatoms. The topological polar surface area (TPSA) is 78.1 Å². The number of H-pyrrole nitrogens is 1. The molecule has 2 N–H and O–H groups in total. The van der Waals surface area contributed by atoms with Gasteiger partial charge in [-0.3, -0.25) is 9.59 Å². The number of para-hydroxylation sites is 1. The maximum absolute atomic E-state index is 12.5. The molecule has 142 valence electrons. The first-order valence-corrected chi connectivity index (χ1v) is 9.35.